The molecule has 1 aromatic heterocycles. The monoisotopic (exact) mass is 281 g/mol. The van der Waals surface area contributed by atoms with Crippen molar-refractivity contribution in [2.75, 3.05) is 0 Å². The van der Waals surface area contributed by atoms with Crippen molar-refractivity contribution in [3.8, 4) is 0 Å². The Labute approximate surface area is 114 Å². The van der Waals surface area contributed by atoms with Gasteiger partial charge in [-0.1, -0.05) is 0 Å². The summed E-state index contributed by atoms with van der Waals surface area (Å²) in [6.07, 6.45) is 0.981. The third kappa shape index (κ3) is 2.58. The van der Waals surface area contributed by atoms with Crippen LogP contribution in [0.25, 0.3) is 0 Å². The molecule has 0 aliphatic carbocycles. The van der Waals surface area contributed by atoms with E-state index in [0.717, 1.165) is 0 Å². The van der Waals surface area contributed by atoms with Gasteiger partial charge in [0.05, 0.1) is 10.6 Å². The standard InChI is InChI=1S/C12H15N3O5/c1-6-5-14-8(7(2)9(6)15(19)20)4-12(3,10(13)16)11(17)18/h5H,4H2,1-3H3,(H2,13,16)(H,17,18). The van der Waals surface area contributed by atoms with Crippen LogP contribution >= 0.6 is 0 Å². The van der Waals surface area contributed by atoms with Gasteiger partial charge in [0.15, 0.2) is 0 Å². The van der Waals surface area contributed by atoms with Gasteiger partial charge in [-0.2, -0.15) is 0 Å². The van der Waals surface area contributed by atoms with Crippen molar-refractivity contribution in [2.45, 2.75) is 27.2 Å². The summed E-state index contributed by atoms with van der Waals surface area (Å²) in [6.45, 7) is 4.17. The van der Waals surface area contributed by atoms with Gasteiger partial charge < -0.3 is 10.8 Å². The first kappa shape index (κ1) is 15.5. The molecule has 3 N–H and O–H groups in total. The second kappa shape index (κ2) is 5.24. The van der Waals surface area contributed by atoms with Gasteiger partial charge in [-0.15, -0.1) is 0 Å². The number of hydrogen-bond acceptors (Lipinski definition) is 5. The number of primary amides is 1. The van der Waals surface area contributed by atoms with Crippen LogP contribution in [-0.2, 0) is 16.0 Å². The van der Waals surface area contributed by atoms with Crippen LogP contribution in [0.1, 0.15) is 23.7 Å². The smallest absolute Gasteiger partial charge is 0.319 e. The van der Waals surface area contributed by atoms with Gasteiger partial charge in [0, 0.05) is 23.7 Å². The molecule has 0 spiro atoms. The number of hydrogen-bond donors (Lipinski definition) is 2. The van der Waals surface area contributed by atoms with E-state index < -0.39 is 22.2 Å². The first-order valence-electron chi connectivity index (χ1n) is 5.74. The predicted molar refractivity (Wildman–Crippen MR) is 69.0 cm³/mol. The highest BCUT2D eigenvalue weighted by molar-refractivity contribution is 6.00. The maximum absolute atomic E-state index is 11.3. The molecule has 0 saturated carbocycles. The highest BCUT2D eigenvalue weighted by atomic mass is 16.6. The third-order valence-electron chi connectivity index (χ3n) is 3.30. The summed E-state index contributed by atoms with van der Waals surface area (Å²) in [6, 6.07) is 0. The highest BCUT2D eigenvalue weighted by Gasteiger charge is 2.41. The van der Waals surface area contributed by atoms with Crippen LogP contribution in [0.15, 0.2) is 6.20 Å². The highest BCUT2D eigenvalue weighted by Crippen LogP contribution is 2.29. The van der Waals surface area contributed by atoms with E-state index >= 15 is 0 Å². The second-order valence-electron chi connectivity index (χ2n) is 4.80. The van der Waals surface area contributed by atoms with E-state index in [0.29, 0.717) is 5.56 Å². The quantitative estimate of drug-likeness (QED) is 0.463. The van der Waals surface area contributed by atoms with Crippen molar-refractivity contribution in [1.29, 1.82) is 0 Å². The lowest BCUT2D eigenvalue weighted by Crippen LogP contribution is -2.43. The van der Waals surface area contributed by atoms with Crippen LogP contribution in [0.2, 0.25) is 0 Å². The topological polar surface area (TPSA) is 136 Å². The summed E-state index contributed by atoms with van der Waals surface area (Å²) in [7, 11) is 0. The second-order valence-corrected chi connectivity index (χ2v) is 4.80. The van der Waals surface area contributed by atoms with Crippen LogP contribution in [0, 0.1) is 29.4 Å². The fourth-order valence-corrected chi connectivity index (χ4v) is 1.83. The zero-order valence-electron chi connectivity index (χ0n) is 11.3. The fourth-order valence-electron chi connectivity index (χ4n) is 1.83. The van der Waals surface area contributed by atoms with Crippen molar-refractivity contribution in [1.82, 2.24) is 4.98 Å². The van der Waals surface area contributed by atoms with Gasteiger partial charge in [0.1, 0.15) is 5.41 Å². The first-order chi connectivity index (χ1) is 9.11. The van der Waals surface area contributed by atoms with E-state index in [1.165, 1.54) is 27.0 Å². The maximum atomic E-state index is 11.3. The molecule has 0 bridgehead atoms. The minimum atomic E-state index is -1.86. The van der Waals surface area contributed by atoms with E-state index in [4.69, 9.17) is 10.8 Å². The Kier molecular flexibility index (Phi) is 4.07. The summed E-state index contributed by atoms with van der Waals surface area (Å²) in [5, 5.41) is 20.1. The van der Waals surface area contributed by atoms with Crippen molar-refractivity contribution in [2.24, 2.45) is 11.1 Å². The SMILES string of the molecule is Cc1cnc(CC(C)(C(N)=O)C(=O)O)c(C)c1[N+](=O)[O-]. The molecule has 0 radical (unpaired) electrons. The lowest BCUT2D eigenvalue weighted by atomic mass is 9.83. The summed E-state index contributed by atoms with van der Waals surface area (Å²) in [4.78, 5) is 37.0. The van der Waals surface area contributed by atoms with E-state index in [9.17, 15) is 19.7 Å². The van der Waals surface area contributed by atoms with Gasteiger partial charge in [-0.05, 0) is 20.8 Å². The number of carboxylic acid groups (broad SMARTS) is 1. The average molecular weight is 281 g/mol. The molecule has 1 heterocycles. The number of pyridine rings is 1. The molecule has 0 aliphatic heterocycles. The van der Waals surface area contributed by atoms with E-state index in [2.05, 4.69) is 4.98 Å². The number of rotatable bonds is 5. The molecule has 1 aromatic rings. The Bertz CT molecular complexity index is 583. The average Bonchev–Trinajstić information content (AvgIpc) is 2.31. The molecule has 8 heteroatoms. The van der Waals surface area contributed by atoms with Crippen LogP contribution in [0.3, 0.4) is 0 Å². The number of carbonyl (C=O) groups excluding carboxylic acids is 1. The number of carboxylic acids is 1. The van der Waals surface area contributed by atoms with Gasteiger partial charge in [0.25, 0.3) is 5.69 Å². The normalized spacial score (nSPS) is 13.6. The molecular weight excluding hydrogens is 266 g/mol. The fraction of sp³-hybridized carbons (Fsp3) is 0.417. The van der Waals surface area contributed by atoms with E-state index in [1.807, 2.05) is 0 Å². The molecule has 108 valence electrons. The molecule has 8 nitrogen and oxygen atoms in total. The summed E-state index contributed by atoms with van der Waals surface area (Å²) in [5.41, 5.74) is 3.90. The molecule has 0 saturated heterocycles. The number of aliphatic carboxylic acids is 1. The molecule has 1 unspecified atom stereocenters. The van der Waals surface area contributed by atoms with Crippen molar-refractivity contribution < 1.29 is 19.6 Å². The van der Waals surface area contributed by atoms with Gasteiger partial charge in [-0.3, -0.25) is 24.7 Å². The summed E-state index contributed by atoms with van der Waals surface area (Å²) in [5.74, 6) is -2.41. The number of aryl methyl sites for hydroxylation is 1. The zero-order chi connectivity index (χ0) is 15.7. The zero-order valence-corrected chi connectivity index (χ0v) is 11.3. The number of aromatic nitrogens is 1. The van der Waals surface area contributed by atoms with Crippen LogP contribution in [-0.4, -0.2) is 26.9 Å². The number of nitrogens with two attached hydrogens (primary N) is 1. The van der Waals surface area contributed by atoms with Crippen molar-refractivity contribution >= 4 is 17.6 Å². The summed E-state index contributed by atoms with van der Waals surface area (Å²) < 4.78 is 0. The van der Waals surface area contributed by atoms with Crippen molar-refractivity contribution in [3.63, 3.8) is 0 Å². The molecule has 1 atom stereocenters. The number of nitro groups is 1. The minimum Gasteiger partial charge on any atom is -0.480 e. The number of nitrogens with zero attached hydrogens (tertiary/aromatic N) is 2. The Morgan fingerprint density at radius 3 is 2.45 bits per heavy atom. The van der Waals surface area contributed by atoms with Crippen LogP contribution in [0.5, 0.6) is 0 Å². The molecule has 20 heavy (non-hydrogen) atoms. The van der Waals surface area contributed by atoms with Crippen molar-refractivity contribution in [3.05, 3.63) is 33.1 Å². The molecular formula is C12H15N3O5. The first-order valence-corrected chi connectivity index (χ1v) is 5.74. The van der Waals surface area contributed by atoms with Crippen LogP contribution < -0.4 is 5.73 Å². The minimum absolute atomic E-state index is 0.132. The lowest BCUT2D eigenvalue weighted by Gasteiger charge is -2.21. The Balaban J connectivity index is 3.36. The lowest BCUT2D eigenvalue weighted by molar-refractivity contribution is -0.386. The van der Waals surface area contributed by atoms with E-state index in [-0.39, 0.29) is 23.4 Å². The number of carbonyl (C=O) groups is 2. The Hall–Kier alpha value is -2.51. The molecule has 0 aliphatic rings. The van der Waals surface area contributed by atoms with Gasteiger partial charge >= 0.3 is 5.97 Å². The molecule has 1 rings (SSSR count). The Morgan fingerprint density at radius 2 is 2.05 bits per heavy atom. The molecule has 1 amide bonds. The molecule has 0 fully saturated rings. The largest absolute Gasteiger partial charge is 0.480 e. The number of amides is 1. The molecule has 0 aromatic carbocycles. The van der Waals surface area contributed by atoms with E-state index in [1.54, 1.807) is 0 Å². The summed E-state index contributed by atoms with van der Waals surface area (Å²) >= 11 is 0. The van der Waals surface area contributed by atoms with Crippen LogP contribution in [0.4, 0.5) is 5.69 Å². The maximum Gasteiger partial charge on any atom is 0.319 e. The third-order valence-corrected chi connectivity index (χ3v) is 3.30. The Morgan fingerprint density at radius 1 is 1.50 bits per heavy atom. The van der Waals surface area contributed by atoms with Gasteiger partial charge in [-0.25, -0.2) is 0 Å². The predicted octanol–water partition coefficient (Wildman–Crippen LogP) is 0.725. The van der Waals surface area contributed by atoms with Gasteiger partial charge in [0.2, 0.25) is 5.91 Å².